The first-order valence-corrected chi connectivity index (χ1v) is 10.9. The van der Waals surface area contributed by atoms with Crippen molar-refractivity contribution in [2.45, 2.75) is 31.7 Å². The Morgan fingerprint density at radius 1 is 1.19 bits per heavy atom. The van der Waals surface area contributed by atoms with Gasteiger partial charge in [-0.2, -0.15) is 0 Å². The van der Waals surface area contributed by atoms with E-state index in [1.54, 1.807) is 6.20 Å². The van der Waals surface area contributed by atoms with Gasteiger partial charge >= 0.3 is 0 Å². The lowest BCUT2D eigenvalue weighted by Gasteiger charge is -2.28. The number of rotatable bonds is 6. The van der Waals surface area contributed by atoms with Crippen LogP contribution in [0, 0.1) is 17.6 Å². The van der Waals surface area contributed by atoms with Crippen molar-refractivity contribution in [2.75, 3.05) is 17.7 Å². The largest absolute Gasteiger partial charge is 0.496 e. The van der Waals surface area contributed by atoms with E-state index in [0.29, 0.717) is 12.0 Å². The number of amides is 1. The maximum Gasteiger partial charge on any atom is 0.228 e. The number of pyridine rings is 1. The van der Waals surface area contributed by atoms with Gasteiger partial charge in [0, 0.05) is 40.7 Å². The monoisotopic (exact) mass is 444 g/mol. The van der Waals surface area contributed by atoms with Crippen LogP contribution in [-0.4, -0.2) is 29.0 Å². The van der Waals surface area contributed by atoms with E-state index in [2.05, 4.69) is 20.6 Å². The van der Waals surface area contributed by atoms with Crippen molar-refractivity contribution in [1.29, 1.82) is 0 Å². The van der Waals surface area contributed by atoms with Crippen molar-refractivity contribution < 1.29 is 18.3 Å². The summed E-state index contributed by atoms with van der Waals surface area (Å²) in [6.45, 7) is 0. The molecule has 0 spiro atoms. The normalized spacial score (nSPS) is 18.4. The minimum Gasteiger partial charge on any atom is -0.496 e. The lowest BCUT2D eigenvalue weighted by atomic mass is 9.85. The maximum absolute atomic E-state index is 14.5. The molecule has 2 atom stereocenters. The molecule has 0 bridgehead atoms. The van der Waals surface area contributed by atoms with Gasteiger partial charge in [0.25, 0.3) is 0 Å². The van der Waals surface area contributed by atoms with Gasteiger partial charge in [0.2, 0.25) is 5.91 Å². The molecule has 3 aromatic rings. The van der Waals surface area contributed by atoms with E-state index in [9.17, 15) is 13.6 Å². The van der Waals surface area contributed by atoms with Crippen molar-refractivity contribution in [3.8, 4) is 16.9 Å². The predicted molar refractivity (Wildman–Crippen MR) is 116 cm³/mol. The predicted octanol–water partition coefficient (Wildman–Crippen LogP) is 5.10. The molecule has 9 heteroatoms. The summed E-state index contributed by atoms with van der Waals surface area (Å²) < 4.78 is 33.1. The second-order valence-corrected chi connectivity index (χ2v) is 8.32. The summed E-state index contributed by atoms with van der Waals surface area (Å²) in [4.78, 5) is 21.1. The van der Waals surface area contributed by atoms with E-state index in [-0.39, 0.29) is 35.0 Å². The van der Waals surface area contributed by atoms with E-state index >= 15 is 0 Å². The Balaban J connectivity index is 1.48. The Labute approximate surface area is 182 Å². The molecule has 1 amide bonds. The molecule has 1 saturated carbocycles. The fourth-order valence-corrected chi connectivity index (χ4v) is 4.46. The summed E-state index contributed by atoms with van der Waals surface area (Å²) in [6, 6.07) is 5.47. The SMILES string of the molecule is COc1cc(F)ccc1-c1cc(NC(=O)[C@H]2CCC[C@@H](Nc3nccs3)C2)ncc1F. The molecule has 162 valence electrons. The highest BCUT2D eigenvalue weighted by atomic mass is 32.1. The molecule has 1 aliphatic carbocycles. The highest BCUT2D eigenvalue weighted by Gasteiger charge is 2.28. The molecule has 0 aliphatic heterocycles. The molecule has 1 aliphatic rings. The first-order valence-electron chi connectivity index (χ1n) is 10.00. The quantitative estimate of drug-likeness (QED) is 0.553. The van der Waals surface area contributed by atoms with Crippen LogP contribution in [0.2, 0.25) is 0 Å². The zero-order valence-corrected chi connectivity index (χ0v) is 17.7. The van der Waals surface area contributed by atoms with Crippen LogP contribution >= 0.6 is 11.3 Å². The third-order valence-corrected chi connectivity index (χ3v) is 6.07. The highest BCUT2D eigenvalue weighted by molar-refractivity contribution is 7.13. The average Bonchev–Trinajstić information content (AvgIpc) is 3.28. The third-order valence-electron chi connectivity index (χ3n) is 5.37. The van der Waals surface area contributed by atoms with E-state index < -0.39 is 11.6 Å². The Kier molecular flexibility index (Phi) is 6.41. The van der Waals surface area contributed by atoms with E-state index in [1.807, 2.05) is 5.38 Å². The number of thiazole rings is 1. The van der Waals surface area contributed by atoms with Gasteiger partial charge in [-0.05, 0) is 37.5 Å². The van der Waals surface area contributed by atoms with E-state index in [4.69, 9.17) is 4.74 Å². The molecule has 0 saturated heterocycles. The molecular formula is C22H22F2N4O2S. The zero-order chi connectivity index (χ0) is 21.8. The van der Waals surface area contributed by atoms with Crippen LogP contribution in [0.25, 0.3) is 11.1 Å². The number of anilines is 2. The summed E-state index contributed by atoms with van der Waals surface area (Å²) >= 11 is 1.53. The summed E-state index contributed by atoms with van der Waals surface area (Å²) in [5, 5.41) is 8.94. The number of hydrogen-bond acceptors (Lipinski definition) is 6. The minimum atomic E-state index is -0.590. The van der Waals surface area contributed by atoms with Crippen molar-refractivity contribution in [2.24, 2.45) is 5.92 Å². The van der Waals surface area contributed by atoms with Crippen LogP contribution in [0.15, 0.2) is 42.0 Å². The van der Waals surface area contributed by atoms with Gasteiger partial charge in [0.15, 0.2) is 5.13 Å². The van der Waals surface area contributed by atoms with Crippen LogP contribution in [-0.2, 0) is 4.79 Å². The van der Waals surface area contributed by atoms with Crippen molar-refractivity contribution in [3.05, 3.63) is 53.7 Å². The molecule has 4 rings (SSSR count). The lowest BCUT2D eigenvalue weighted by molar-refractivity contribution is -0.120. The number of hydrogen-bond donors (Lipinski definition) is 2. The lowest BCUT2D eigenvalue weighted by Crippen LogP contribution is -2.34. The molecule has 2 heterocycles. The van der Waals surface area contributed by atoms with E-state index in [0.717, 1.165) is 30.6 Å². The number of aromatic nitrogens is 2. The van der Waals surface area contributed by atoms with Gasteiger partial charge < -0.3 is 15.4 Å². The number of halogens is 2. The topological polar surface area (TPSA) is 76.1 Å². The van der Waals surface area contributed by atoms with Crippen molar-refractivity contribution in [1.82, 2.24) is 9.97 Å². The molecule has 2 aromatic heterocycles. The number of ether oxygens (including phenoxy) is 1. The average molecular weight is 445 g/mol. The van der Waals surface area contributed by atoms with Crippen molar-refractivity contribution >= 4 is 28.2 Å². The van der Waals surface area contributed by atoms with Gasteiger partial charge in [-0.25, -0.2) is 18.7 Å². The molecule has 31 heavy (non-hydrogen) atoms. The standard InChI is InChI=1S/C22H22F2N4O2S/c1-30-19-10-14(23)5-6-16(19)17-11-20(26-12-18(17)24)28-21(29)13-3-2-4-15(9-13)27-22-25-7-8-31-22/h5-8,10-13,15H,2-4,9H2,1H3,(H,25,27)(H,26,28,29)/t13-,15+/m0/s1. The van der Waals surface area contributed by atoms with Crippen molar-refractivity contribution in [3.63, 3.8) is 0 Å². The van der Waals surface area contributed by atoms with Crippen LogP contribution < -0.4 is 15.4 Å². The highest BCUT2D eigenvalue weighted by Crippen LogP contribution is 2.34. The number of methoxy groups -OCH3 is 1. The number of nitrogens with one attached hydrogen (secondary N) is 2. The number of carbonyl (C=O) groups excluding carboxylic acids is 1. The van der Waals surface area contributed by atoms with Gasteiger partial charge in [-0.1, -0.05) is 6.42 Å². The Hall–Kier alpha value is -3.07. The van der Waals surface area contributed by atoms with Crippen LogP contribution in [0.3, 0.4) is 0 Å². The summed E-state index contributed by atoms with van der Waals surface area (Å²) in [7, 11) is 1.39. The summed E-state index contributed by atoms with van der Waals surface area (Å²) in [5.41, 5.74) is 0.554. The van der Waals surface area contributed by atoms with Gasteiger partial charge in [0.1, 0.15) is 23.2 Å². The first-order chi connectivity index (χ1) is 15.0. The molecule has 6 nitrogen and oxygen atoms in total. The van der Waals surface area contributed by atoms with Crippen LogP contribution in [0.4, 0.5) is 19.7 Å². The maximum atomic E-state index is 14.5. The molecular weight excluding hydrogens is 422 g/mol. The fraction of sp³-hybridized carbons (Fsp3) is 0.318. The number of benzene rings is 1. The fourth-order valence-electron chi connectivity index (χ4n) is 3.86. The Morgan fingerprint density at radius 3 is 2.84 bits per heavy atom. The second-order valence-electron chi connectivity index (χ2n) is 7.43. The van der Waals surface area contributed by atoms with Gasteiger partial charge in [0.05, 0.1) is 13.3 Å². The van der Waals surface area contributed by atoms with Gasteiger partial charge in [-0.3, -0.25) is 4.79 Å². The van der Waals surface area contributed by atoms with Gasteiger partial charge in [-0.15, -0.1) is 11.3 Å². The zero-order valence-electron chi connectivity index (χ0n) is 16.9. The van der Waals surface area contributed by atoms with E-state index in [1.165, 1.54) is 42.7 Å². The van der Waals surface area contributed by atoms with Crippen LogP contribution in [0.5, 0.6) is 5.75 Å². The number of carbonyl (C=O) groups is 1. The molecule has 2 N–H and O–H groups in total. The Morgan fingerprint density at radius 2 is 2.06 bits per heavy atom. The molecule has 1 aromatic carbocycles. The third kappa shape index (κ3) is 4.99. The van der Waals surface area contributed by atoms with Crippen LogP contribution in [0.1, 0.15) is 25.7 Å². The first kappa shape index (κ1) is 21.2. The molecule has 0 radical (unpaired) electrons. The summed E-state index contributed by atoms with van der Waals surface area (Å²) in [5.74, 6) is -0.965. The minimum absolute atomic E-state index is 0.151. The Bertz CT molecular complexity index is 1060. The second kappa shape index (κ2) is 9.38. The number of nitrogens with zero attached hydrogens (tertiary/aromatic N) is 2. The molecule has 0 unspecified atom stereocenters. The summed E-state index contributed by atoms with van der Waals surface area (Å²) in [6.07, 6.45) is 6.16. The molecule has 1 fully saturated rings. The smallest absolute Gasteiger partial charge is 0.228 e.